The molecule has 0 atom stereocenters. The zero-order valence-electron chi connectivity index (χ0n) is 9.58. The molecule has 1 fully saturated rings. The quantitative estimate of drug-likeness (QED) is 0.815. The number of nitrogens with zero attached hydrogens (tertiary/aromatic N) is 1. The zero-order chi connectivity index (χ0) is 12.3. The summed E-state index contributed by atoms with van der Waals surface area (Å²) in [6, 6.07) is 4.59. The standard InChI is InChI=1S/C13H15FN2O/c1-2-13(17)15-11-7-10(14)8-12(9-11)16-5-3-4-6-16/h2,7-9H,1,3-6H2,(H,15,17). The molecular weight excluding hydrogens is 219 g/mol. The third-order valence-corrected chi connectivity index (χ3v) is 2.81. The van der Waals surface area contributed by atoms with Crippen molar-refractivity contribution in [1.29, 1.82) is 0 Å². The van der Waals surface area contributed by atoms with Crippen LogP contribution < -0.4 is 10.2 Å². The van der Waals surface area contributed by atoms with Crippen LogP contribution in [0.15, 0.2) is 30.9 Å². The lowest BCUT2D eigenvalue weighted by molar-refractivity contribution is -0.111. The van der Waals surface area contributed by atoms with Crippen molar-refractivity contribution < 1.29 is 9.18 Å². The van der Waals surface area contributed by atoms with Gasteiger partial charge in [0, 0.05) is 24.5 Å². The summed E-state index contributed by atoms with van der Waals surface area (Å²) in [4.78, 5) is 13.3. The minimum atomic E-state index is -0.339. The molecule has 0 saturated carbocycles. The van der Waals surface area contributed by atoms with E-state index in [9.17, 15) is 9.18 Å². The normalized spacial score (nSPS) is 14.8. The molecule has 0 aromatic heterocycles. The summed E-state index contributed by atoms with van der Waals surface area (Å²) in [6.07, 6.45) is 3.43. The lowest BCUT2D eigenvalue weighted by Gasteiger charge is -2.18. The molecule has 1 amide bonds. The Morgan fingerprint density at radius 1 is 1.35 bits per heavy atom. The summed E-state index contributed by atoms with van der Waals surface area (Å²) in [5, 5.41) is 2.57. The molecule has 4 heteroatoms. The van der Waals surface area contributed by atoms with Crippen LogP contribution in [-0.4, -0.2) is 19.0 Å². The Morgan fingerprint density at radius 2 is 2.06 bits per heavy atom. The molecule has 1 heterocycles. The van der Waals surface area contributed by atoms with Crippen molar-refractivity contribution in [3.05, 3.63) is 36.7 Å². The first kappa shape index (κ1) is 11.6. The fourth-order valence-corrected chi connectivity index (χ4v) is 2.00. The Kier molecular flexibility index (Phi) is 3.42. The van der Waals surface area contributed by atoms with E-state index < -0.39 is 0 Å². The van der Waals surface area contributed by atoms with Gasteiger partial charge in [0.25, 0.3) is 0 Å². The highest BCUT2D eigenvalue weighted by atomic mass is 19.1. The maximum absolute atomic E-state index is 13.4. The third-order valence-electron chi connectivity index (χ3n) is 2.81. The van der Waals surface area contributed by atoms with E-state index >= 15 is 0 Å². The van der Waals surface area contributed by atoms with Crippen molar-refractivity contribution in [3.63, 3.8) is 0 Å². The van der Waals surface area contributed by atoms with Gasteiger partial charge in [0.15, 0.2) is 0 Å². The van der Waals surface area contributed by atoms with Crippen LogP contribution >= 0.6 is 0 Å². The molecule has 0 unspecified atom stereocenters. The van der Waals surface area contributed by atoms with Gasteiger partial charge in [0.2, 0.25) is 5.91 Å². The minimum absolute atomic E-state index is 0.331. The SMILES string of the molecule is C=CC(=O)Nc1cc(F)cc(N2CCCC2)c1. The summed E-state index contributed by atoms with van der Waals surface area (Å²) in [7, 11) is 0. The zero-order valence-corrected chi connectivity index (χ0v) is 9.58. The number of hydrogen-bond donors (Lipinski definition) is 1. The first-order valence-corrected chi connectivity index (χ1v) is 5.68. The molecule has 3 nitrogen and oxygen atoms in total. The molecule has 0 aliphatic carbocycles. The highest BCUT2D eigenvalue weighted by Crippen LogP contribution is 2.25. The van der Waals surface area contributed by atoms with E-state index in [1.807, 2.05) is 0 Å². The molecule has 1 aliphatic rings. The number of carbonyl (C=O) groups excluding carboxylic acids is 1. The summed E-state index contributed by atoms with van der Waals surface area (Å²) in [6.45, 7) is 5.25. The van der Waals surface area contributed by atoms with Crippen molar-refractivity contribution in [2.75, 3.05) is 23.3 Å². The number of hydrogen-bond acceptors (Lipinski definition) is 2. The largest absolute Gasteiger partial charge is 0.371 e. The molecule has 0 spiro atoms. The molecule has 17 heavy (non-hydrogen) atoms. The van der Waals surface area contributed by atoms with Crippen molar-refractivity contribution in [3.8, 4) is 0 Å². The van der Waals surface area contributed by atoms with Crippen LogP contribution in [0, 0.1) is 5.82 Å². The van der Waals surface area contributed by atoms with Crippen LogP contribution in [0.3, 0.4) is 0 Å². The number of anilines is 2. The van der Waals surface area contributed by atoms with Gasteiger partial charge in [-0.05, 0) is 37.1 Å². The molecular formula is C13H15FN2O. The van der Waals surface area contributed by atoms with Crippen molar-refractivity contribution in [1.82, 2.24) is 0 Å². The fraction of sp³-hybridized carbons (Fsp3) is 0.308. The summed E-state index contributed by atoms with van der Waals surface area (Å²) in [5.41, 5.74) is 1.29. The monoisotopic (exact) mass is 234 g/mol. The summed E-state index contributed by atoms with van der Waals surface area (Å²) < 4.78 is 13.4. The van der Waals surface area contributed by atoms with Gasteiger partial charge in [-0.15, -0.1) is 0 Å². The Hall–Kier alpha value is -1.84. The van der Waals surface area contributed by atoms with Crippen molar-refractivity contribution >= 4 is 17.3 Å². The second-order valence-corrected chi connectivity index (χ2v) is 4.09. The summed E-state index contributed by atoms with van der Waals surface area (Å²) >= 11 is 0. The number of carbonyl (C=O) groups is 1. The molecule has 2 rings (SSSR count). The van der Waals surface area contributed by atoms with Crippen LogP contribution in [0.5, 0.6) is 0 Å². The van der Waals surface area contributed by atoms with E-state index in [1.54, 1.807) is 6.07 Å². The predicted molar refractivity (Wildman–Crippen MR) is 66.7 cm³/mol. The maximum Gasteiger partial charge on any atom is 0.247 e. The Bertz CT molecular complexity index is 439. The maximum atomic E-state index is 13.4. The van der Waals surface area contributed by atoms with Gasteiger partial charge in [0.1, 0.15) is 5.82 Å². The molecule has 0 bridgehead atoms. The minimum Gasteiger partial charge on any atom is -0.371 e. The Morgan fingerprint density at radius 3 is 2.71 bits per heavy atom. The van der Waals surface area contributed by atoms with E-state index in [0.717, 1.165) is 31.6 Å². The van der Waals surface area contributed by atoms with E-state index in [4.69, 9.17) is 0 Å². The van der Waals surface area contributed by atoms with Gasteiger partial charge < -0.3 is 10.2 Å². The van der Waals surface area contributed by atoms with Crippen molar-refractivity contribution in [2.24, 2.45) is 0 Å². The molecule has 0 radical (unpaired) electrons. The Labute approximate surface area is 99.9 Å². The van der Waals surface area contributed by atoms with E-state index in [-0.39, 0.29) is 11.7 Å². The van der Waals surface area contributed by atoms with Crippen LogP contribution in [0.1, 0.15) is 12.8 Å². The average molecular weight is 234 g/mol. The molecule has 1 aromatic rings. The fourth-order valence-electron chi connectivity index (χ4n) is 2.00. The highest BCUT2D eigenvalue weighted by molar-refractivity contribution is 5.99. The highest BCUT2D eigenvalue weighted by Gasteiger charge is 2.14. The van der Waals surface area contributed by atoms with Gasteiger partial charge in [0.05, 0.1) is 0 Å². The topological polar surface area (TPSA) is 32.3 Å². The molecule has 90 valence electrons. The molecule has 1 N–H and O–H groups in total. The number of amides is 1. The smallest absolute Gasteiger partial charge is 0.247 e. The summed E-state index contributed by atoms with van der Waals surface area (Å²) in [5.74, 6) is -0.670. The lowest BCUT2D eigenvalue weighted by Crippen LogP contribution is -2.18. The van der Waals surface area contributed by atoms with Gasteiger partial charge >= 0.3 is 0 Å². The van der Waals surface area contributed by atoms with Crippen molar-refractivity contribution in [2.45, 2.75) is 12.8 Å². The first-order valence-electron chi connectivity index (χ1n) is 5.68. The van der Waals surface area contributed by atoms with E-state index in [2.05, 4.69) is 16.8 Å². The number of halogens is 1. The number of rotatable bonds is 3. The van der Waals surface area contributed by atoms with Gasteiger partial charge in [-0.2, -0.15) is 0 Å². The predicted octanol–water partition coefficient (Wildman–Crippen LogP) is 2.55. The number of benzene rings is 1. The molecule has 1 aliphatic heterocycles. The second-order valence-electron chi connectivity index (χ2n) is 4.09. The van der Waals surface area contributed by atoms with Crippen LogP contribution in [0.25, 0.3) is 0 Å². The van der Waals surface area contributed by atoms with E-state index in [1.165, 1.54) is 18.2 Å². The van der Waals surface area contributed by atoms with Crippen LogP contribution in [0.2, 0.25) is 0 Å². The second kappa shape index (κ2) is 4.99. The van der Waals surface area contributed by atoms with Gasteiger partial charge in [-0.1, -0.05) is 6.58 Å². The average Bonchev–Trinajstić information content (AvgIpc) is 2.81. The molecule has 1 saturated heterocycles. The molecule has 1 aromatic carbocycles. The lowest BCUT2D eigenvalue weighted by atomic mass is 10.2. The number of nitrogens with one attached hydrogen (secondary N) is 1. The first-order chi connectivity index (χ1) is 8.19. The Balaban J connectivity index is 2.22. The van der Waals surface area contributed by atoms with Crippen LogP contribution in [0.4, 0.5) is 15.8 Å². The van der Waals surface area contributed by atoms with Gasteiger partial charge in [-0.3, -0.25) is 4.79 Å². The van der Waals surface area contributed by atoms with Gasteiger partial charge in [-0.25, -0.2) is 4.39 Å². The van der Waals surface area contributed by atoms with E-state index in [0.29, 0.717) is 5.69 Å². The third kappa shape index (κ3) is 2.84. The van der Waals surface area contributed by atoms with Crippen LogP contribution in [-0.2, 0) is 4.79 Å².